The molecule has 11 aromatic carbocycles. The third-order valence-electron chi connectivity index (χ3n) is 13.7. The van der Waals surface area contributed by atoms with Gasteiger partial charge in [0.15, 0.2) is 0 Å². The smallest absolute Gasteiger partial charge is 0.218 e. The summed E-state index contributed by atoms with van der Waals surface area (Å²) in [5.74, 6) is -2.31. The fourth-order valence-corrected chi connectivity index (χ4v) is 10.6. The van der Waals surface area contributed by atoms with E-state index in [0.29, 0.717) is 11.1 Å². The highest BCUT2D eigenvalue weighted by Gasteiger charge is 2.41. The number of aliphatic hydroxyl groups is 2. The Balaban J connectivity index is 1.11. The molecule has 0 saturated heterocycles. The highest BCUT2D eigenvalue weighted by molar-refractivity contribution is 6.08. The van der Waals surface area contributed by atoms with Gasteiger partial charge in [-0.05, 0) is 129 Å². The molecule has 0 heterocycles. The second kappa shape index (κ2) is 17.5. The first-order valence-corrected chi connectivity index (χ1v) is 23.5. The van der Waals surface area contributed by atoms with Gasteiger partial charge < -0.3 is 10.2 Å². The zero-order valence-electron chi connectivity index (χ0n) is 37.8. The molecule has 0 unspecified atom stereocenters. The summed E-state index contributed by atoms with van der Waals surface area (Å²) in [6.07, 6.45) is 0. The highest BCUT2D eigenvalue weighted by atomic mass is 16.5. The van der Waals surface area contributed by atoms with E-state index in [1.165, 1.54) is 0 Å². The first-order chi connectivity index (χ1) is 34.0. The van der Waals surface area contributed by atoms with Crippen LogP contribution in [0.4, 0.5) is 0 Å². The Morgan fingerprint density at radius 2 is 0.435 bits per heavy atom. The fourth-order valence-electron chi connectivity index (χ4n) is 10.6. The van der Waals surface area contributed by atoms with Gasteiger partial charge in [-0.3, -0.25) is 0 Å². The van der Waals surface area contributed by atoms with E-state index in [9.17, 15) is 10.2 Å². The van der Waals surface area contributed by atoms with E-state index in [2.05, 4.69) is 237 Å². The maximum Gasteiger partial charge on any atom is 0.218 e. The molecule has 1 aliphatic rings. The summed E-state index contributed by atoms with van der Waals surface area (Å²) in [6.45, 7) is 0. The van der Waals surface area contributed by atoms with Gasteiger partial charge in [0.05, 0.1) is 0 Å². The van der Waals surface area contributed by atoms with Gasteiger partial charge >= 0.3 is 0 Å². The number of hydrogen-bond donors (Lipinski definition) is 2. The SMILES string of the molecule is OC1(O)c2cc(-c3c(-c4ccccc4)ccc(-c4ccccc4)c3-c3ccccc3)ccc2-c2ccc(-c3c(-c4ccccc4)c(-c4ccccc4)cc(-c4ccccc4)c3-c3ccccc3)cc21. The van der Waals surface area contributed by atoms with Crippen molar-refractivity contribution in [3.8, 4) is 111 Å². The lowest BCUT2D eigenvalue weighted by Crippen LogP contribution is -2.23. The molecular weight excluding hydrogens is 837 g/mol. The van der Waals surface area contributed by atoms with E-state index < -0.39 is 5.79 Å². The van der Waals surface area contributed by atoms with Crippen molar-refractivity contribution >= 4 is 0 Å². The van der Waals surface area contributed by atoms with Gasteiger partial charge in [-0.15, -0.1) is 0 Å². The van der Waals surface area contributed by atoms with Crippen LogP contribution in [-0.2, 0) is 5.79 Å². The minimum absolute atomic E-state index is 0.446. The molecule has 0 amide bonds. The molecule has 0 aromatic heterocycles. The van der Waals surface area contributed by atoms with Gasteiger partial charge in [-0.1, -0.05) is 249 Å². The molecule has 2 N–H and O–H groups in total. The number of fused-ring (bicyclic) bond motifs is 3. The summed E-state index contributed by atoms with van der Waals surface area (Å²) in [7, 11) is 0. The van der Waals surface area contributed by atoms with E-state index in [0.717, 1.165) is 111 Å². The van der Waals surface area contributed by atoms with Crippen molar-refractivity contribution in [2.75, 3.05) is 0 Å². The standard InChI is InChI=1S/C67H46O2/c68-67(69)60-42-52(65-55(46-24-10-2-11-25-46)41-40-54(45-22-8-1-9-23-45)62(65)49-30-16-5-17-31-49)36-38-56(60)57-39-37-53(43-61(57)67)66-63(50-32-18-6-19-33-50)58(47-26-12-3-13-27-47)44-59(48-28-14-4-15-29-48)64(66)51-34-20-7-21-35-51/h1-44,68-69H. The molecule has 0 saturated carbocycles. The maximum atomic E-state index is 12.8. The average Bonchev–Trinajstić information content (AvgIpc) is 3.65. The lowest BCUT2D eigenvalue weighted by atomic mass is 9.78. The first-order valence-electron chi connectivity index (χ1n) is 23.5. The monoisotopic (exact) mass is 882 g/mol. The minimum Gasteiger partial charge on any atom is -0.358 e. The van der Waals surface area contributed by atoms with Gasteiger partial charge in [0, 0.05) is 11.1 Å². The molecule has 326 valence electrons. The molecule has 69 heavy (non-hydrogen) atoms. The molecular formula is C67H46O2. The molecule has 12 rings (SSSR count). The molecule has 0 spiro atoms. The molecule has 2 heteroatoms. The Morgan fingerprint density at radius 1 is 0.188 bits per heavy atom. The Hall–Kier alpha value is -8.66. The topological polar surface area (TPSA) is 40.5 Å². The van der Waals surface area contributed by atoms with E-state index >= 15 is 0 Å². The molecule has 2 nitrogen and oxygen atoms in total. The van der Waals surface area contributed by atoms with E-state index in [1.807, 2.05) is 30.3 Å². The normalized spacial score (nSPS) is 12.3. The van der Waals surface area contributed by atoms with Crippen LogP contribution < -0.4 is 0 Å². The molecule has 0 fully saturated rings. The van der Waals surface area contributed by atoms with Gasteiger partial charge in [0.2, 0.25) is 5.79 Å². The Bertz CT molecular complexity index is 3520. The van der Waals surface area contributed by atoms with Gasteiger partial charge in [-0.2, -0.15) is 0 Å². The third kappa shape index (κ3) is 7.40. The van der Waals surface area contributed by atoms with E-state index in [1.54, 1.807) is 0 Å². The van der Waals surface area contributed by atoms with Crippen LogP contribution in [0, 0.1) is 0 Å². The third-order valence-corrected chi connectivity index (χ3v) is 13.7. The molecule has 1 aliphatic carbocycles. The highest BCUT2D eigenvalue weighted by Crippen LogP contribution is 2.55. The molecule has 0 radical (unpaired) electrons. The number of benzene rings is 11. The first kappa shape index (κ1) is 41.7. The summed E-state index contributed by atoms with van der Waals surface area (Å²) in [5.41, 5.74) is 21.4. The maximum absolute atomic E-state index is 12.8. The van der Waals surface area contributed by atoms with Crippen LogP contribution in [0.5, 0.6) is 0 Å². The van der Waals surface area contributed by atoms with Crippen molar-refractivity contribution in [2.45, 2.75) is 5.79 Å². The number of rotatable bonds is 9. The summed E-state index contributed by atoms with van der Waals surface area (Å²) in [6, 6.07) is 93.1. The minimum atomic E-state index is -2.31. The molecule has 0 aliphatic heterocycles. The van der Waals surface area contributed by atoms with Crippen molar-refractivity contribution < 1.29 is 10.2 Å². The van der Waals surface area contributed by atoms with Crippen LogP contribution in [-0.4, -0.2) is 10.2 Å². The second-order valence-electron chi connectivity index (χ2n) is 17.8. The van der Waals surface area contributed by atoms with Gasteiger partial charge in [0.1, 0.15) is 0 Å². The van der Waals surface area contributed by atoms with Gasteiger partial charge in [0.25, 0.3) is 0 Å². The van der Waals surface area contributed by atoms with Crippen molar-refractivity contribution in [2.24, 2.45) is 0 Å². The molecule has 0 atom stereocenters. The number of hydrogen-bond acceptors (Lipinski definition) is 2. The molecule has 11 aromatic rings. The van der Waals surface area contributed by atoms with Crippen LogP contribution in [0.25, 0.3) is 111 Å². The van der Waals surface area contributed by atoms with Crippen molar-refractivity contribution in [3.05, 3.63) is 278 Å². The van der Waals surface area contributed by atoms with E-state index in [-0.39, 0.29) is 0 Å². The second-order valence-corrected chi connectivity index (χ2v) is 17.8. The lowest BCUT2D eigenvalue weighted by molar-refractivity contribution is -0.128. The summed E-state index contributed by atoms with van der Waals surface area (Å²) in [5, 5.41) is 25.7. The van der Waals surface area contributed by atoms with Crippen LogP contribution in [0.1, 0.15) is 11.1 Å². The predicted octanol–water partition coefficient (Wildman–Crippen LogP) is 16.9. The quantitative estimate of drug-likeness (QED) is 0.142. The summed E-state index contributed by atoms with van der Waals surface area (Å²) in [4.78, 5) is 0. The molecule has 0 bridgehead atoms. The summed E-state index contributed by atoms with van der Waals surface area (Å²) < 4.78 is 0. The van der Waals surface area contributed by atoms with E-state index in [4.69, 9.17) is 0 Å². The summed E-state index contributed by atoms with van der Waals surface area (Å²) >= 11 is 0. The van der Waals surface area contributed by atoms with Gasteiger partial charge in [-0.25, -0.2) is 0 Å². The predicted molar refractivity (Wildman–Crippen MR) is 286 cm³/mol. The Morgan fingerprint density at radius 3 is 0.768 bits per heavy atom. The van der Waals surface area contributed by atoms with Crippen LogP contribution in [0.15, 0.2) is 267 Å². The van der Waals surface area contributed by atoms with Crippen LogP contribution in [0.3, 0.4) is 0 Å². The van der Waals surface area contributed by atoms with Crippen LogP contribution in [0.2, 0.25) is 0 Å². The zero-order chi connectivity index (χ0) is 46.3. The average molecular weight is 883 g/mol. The zero-order valence-corrected chi connectivity index (χ0v) is 37.8. The Labute approximate surface area is 403 Å². The fraction of sp³-hybridized carbons (Fsp3) is 0.0149. The lowest BCUT2D eigenvalue weighted by Gasteiger charge is -2.25. The van der Waals surface area contributed by atoms with Crippen molar-refractivity contribution in [1.82, 2.24) is 0 Å². The Kier molecular flexibility index (Phi) is 10.6. The largest absolute Gasteiger partial charge is 0.358 e. The van der Waals surface area contributed by atoms with Crippen molar-refractivity contribution in [3.63, 3.8) is 0 Å². The van der Waals surface area contributed by atoms with Crippen molar-refractivity contribution in [1.29, 1.82) is 0 Å². The van der Waals surface area contributed by atoms with Crippen LogP contribution >= 0.6 is 0 Å².